The van der Waals surface area contributed by atoms with Crippen LogP contribution in [-0.4, -0.2) is 52.2 Å². The summed E-state index contributed by atoms with van der Waals surface area (Å²) in [6.07, 6.45) is 0. The van der Waals surface area contributed by atoms with Gasteiger partial charge < -0.3 is 19.5 Å². The molecule has 2 radical (unpaired) electrons. The van der Waals surface area contributed by atoms with Crippen LogP contribution in [0.2, 0.25) is 0 Å². The van der Waals surface area contributed by atoms with Crippen molar-refractivity contribution in [1.82, 2.24) is 0 Å². The summed E-state index contributed by atoms with van der Waals surface area (Å²) in [5, 5.41) is 22.7. The van der Waals surface area contributed by atoms with Gasteiger partial charge in [-0.3, -0.25) is 0 Å². The van der Waals surface area contributed by atoms with Gasteiger partial charge >= 0.3 is 15.0 Å². The predicted octanol–water partition coefficient (Wildman–Crippen LogP) is 1.97. The van der Waals surface area contributed by atoms with Gasteiger partial charge in [0.2, 0.25) is 0 Å². The summed E-state index contributed by atoms with van der Waals surface area (Å²) in [6, 6.07) is 12.1. The maximum absolute atomic E-state index is 10.3. The number of aliphatic hydroxyl groups is 3. The van der Waals surface area contributed by atoms with E-state index in [2.05, 4.69) is 4.65 Å². The maximum atomic E-state index is 10.3. The quantitative estimate of drug-likeness (QED) is 0.542. The molecule has 0 saturated carbocycles. The van der Waals surface area contributed by atoms with Crippen molar-refractivity contribution in [2.75, 3.05) is 0 Å². The highest BCUT2D eigenvalue weighted by atomic mass is 16.5. The Morgan fingerprint density at radius 2 is 1.25 bits per heavy atom. The zero-order valence-corrected chi connectivity index (χ0v) is 18.4. The lowest BCUT2D eigenvalue weighted by Gasteiger charge is -2.37. The molecule has 4 nitrogen and oxygen atoms in total. The lowest BCUT2D eigenvalue weighted by Crippen LogP contribution is -2.52. The van der Waals surface area contributed by atoms with Crippen LogP contribution in [0.4, 0.5) is 0 Å². The standard InChI is InChI=1S/C22H33B2O4/c1-19(2,25)21(5,6)27-23-17-13-9-12-16-15(17)11-10-14-18(16)24-28-22(7,8)20(3,4)26/h9-14,25-27H,1-8H3/q+1. The Morgan fingerprint density at radius 3 is 1.75 bits per heavy atom. The first-order valence-electron chi connectivity index (χ1n) is 9.68. The molecule has 0 unspecified atom stereocenters. The average molecular weight is 383 g/mol. The van der Waals surface area contributed by atoms with Crippen molar-refractivity contribution in [3.8, 4) is 0 Å². The fraction of sp³-hybridized carbons (Fsp3) is 0.545. The van der Waals surface area contributed by atoms with Gasteiger partial charge in [0.15, 0.2) is 5.60 Å². The summed E-state index contributed by atoms with van der Waals surface area (Å²) >= 11 is 0. The van der Waals surface area contributed by atoms with E-state index in [4.69, 9.17) is 4.65 Å². The normalized spacial score (nSPS) is 13.6. The van der Waals surface area contributed by atoms with Crippen molar-refractivity contribution in [1.29, 1.82) is 0 Å². The first kappa shape index (κ1) is 23.0. The van der Waals surface area contributed by atoms with Crippen LogP contribution in [0.5, 0.6) is 0 Å². The molecule has 0 atom stereocenters. The van der Waals surface area contributed by atoms with Crippen molar-refractivity contribution in [3.63, 3.8) is 0 Å². The third-order valence-electron chi connectivity index (χ3n) is 5.97. The molecule has 2 aromatic carbocycles. The molecule has 150 valence electrons. The Labute approximate surface area is 170 Å². The lowest BCUT2D eigenvalue weighted by molar-refractivity contribution is -0.157. The zero-order valence-electron chi connectivity index (χ0n) is 18.4. The minimum Gasteiger partial charge on any atom is -0.530 e. The molecule has 28 heavy (non-hydrogen) atoms. The molecule has 2 aromatic rings. The highest BCUT2D eigenvalue weighted by Gasteiger charge is 2.41. The van der Waals surface area contributed by atoms with Crippen LogP contribution in [0.25, 0.3) is 10.8 Å². The van der Waals surface area contributed by atoms with Gasteiger partial charge in [0.25, 0.3) is 0 Å². The minimum absolute atomic E-state index is 0.612. The van der Waals surface area contributed by atoms with Gasteiger partial charge in [0, 0.05) is 19.3 Å². The first-order chi connectivity index (χ1) is 12.7. The minimum atomic E-state index is -0.978. The fourth-order valence-electron chi connectivity index (χ4n) is 2.32. The van der Waals surface area contributed by atoms with E-state index in [0.29, 0.717) is 0 Å². The number of fused-ring (bicyclic) bond motifs is 1. The van der Waals surface area contributed by atoms with Crippen molar-refractivity contribution in [2.24, 2.45) is 0 Å². The van der Waals surface area contributed by atoms with Gasteiger partial charge in [0.05, 0.1) is 11.2 Å². The number of benzene rings is 2. The van der Waals surface area contributed by atoms with Gasteiger partial charge in [-0.25, -0.2) is 0 Å². The summed E-state index contributed by atoms with van der Waals surface area (Å²) in [5.41, 5.74) is -1.33. The van der Waals surface area contributed by atoms with Crippen LogP contribution < -0.4 is 10.9 Å². The molecule has 0 bridgehead atoms. The summed E-state index contributed by atoms with van der Waals surface area (Å²) in [5.74, 6) is 0. The smallest absolute Gasteiger partial charge is 0.530 e. The Balaban J connectivity index is 2.28. The lowest BCUT2D eigenvalue weighted by atomic mass is 9.76. The second-order valence-electron chi connectivity index (χ2n) is 9.47. The third kappa shape index (κ3) is 4.98. The van der Waals surface area contributed by atoms with Crippen molar-refractivity contribution in [3.05, 3.63) is 36.4 Å². The average Bonchev–Trinajstić information content (AvgIpc) is 2.56. The Hall–Kier alpha value is -1.33. The van der Waals surface area contributed by atoms with Crippen molar-refractivity contribution < 1.29 is 19.5 Å². The molecule has 6 heteroatoms. The van der Waals surface area contributed by atoms with E-state index in [0.717, 1.165) is 21.7 Å². The summed E-state index contributed by atoms with van der Waals surface area (Å²) in [7, 11) is 3.54. The van der Waals surface area contributed by atoms with E-state index in [-0.39, 0.29) is 0 Å². The highest BCUT2D eigenvalue weighted by molar-refractivity contribution is 6.55. The van der Waals surface area contributed by atoms with Crippen LogP contribution in [0.3, 0.4) is 0 Å². The Kier molecular flexibility index (Phi) is 6.42. The van der Waals surface area contributed by atoms with Crippen molar-refractivity contribution >= 4 is 36.7 Å². The molecule has 3 N–H and O–H groups in total. The molecule has 2 rings (SSSR count). The van der Waals surface area contributed by atoms with Gasteiger partial charge in [0.1, 0.15) is 5.60 Å². The van der Waals surface area contributed by atoms with Crippen LogP contribution in [0.15, 0.2) is 36.4 Å². The van der Waals surface area contributed by atoms with Gasteiger partial charge in [-0.15, -0.1) is 0 Å². The molecule has 0 heterocycles. The van der Waals surface area contributed by atoms with Crippen LogP contribution >= 0.6 is 0 Å². The van der Waals surface area contributed by atoms with Gasteiger partial charge in [-0.1, -0.05) is 36.4 Å². The summed E-state index contributed by atoms with van der Waals surface area (Å²) < 4.78 is 10.6. The van der Waals surface area contributed by atoms with Gasteiger partial charge in [-0.2, -0.15) is 0 Å². The molecule has 0 aliphatic heterocycles. The molecule has 0 fully saturated rings. The number of hydrogen-bond donors (Lipinski definition) is 2. The SMILES string of the molecule is CC(C)(O)C(C)(C)O[B]c1cccc2c([B][OH+]C(C)(C)C(C)(C)O)cccc12. The van der Waals surface area contributed by atoms with E-state index < -0.39 is 22.4 Å². The largest absolute Gasteiger partial charge is 0.625 e. The first-order valence-corrected chi connectivity index (χ1v) is 9.68. The van der Waals surface area contributed by atoms with Crippen LogP contribution in [0, 0.1) is 0 Å². The molecular weight excluding hydrogens is 350 g/mol. The Bertz CT molecular complexity index is 748. The van der Waals surface area contributed by atoms with Crippen LogP contribution in [0.1, 0.15) is 55.4 Å². The summed E-state index contributed by atoms with van der Waals surface area (Å²) in [6.45, 7) is 14.6. The maximum Gasteiger partial charge on any atom is 0.625 e. The second kappa shape index (κ2) is 7.83. The molecular formula is C22H33B2O4+. The molecule has 0 saturated heterocycles. The fourth-order valence-corrected chi connectivity index (χ4v) is 2.32. The van der Waals surface area contributed by atoms with E-state index >= 15 is 0 Å². The molecule has 0 aromatic heterocycles. The highest BCUT2D eigenvalue weighted by Crippen LogP contribution is 2.25. The predicted molar refractivity (Wildman–Crippen MR) is 119 cm³/mol. The third-order valence-corrected chi connectivity index (χ3v) is 5.97. The number of hydrogen-bond acceptors (Lipinski definition) is 3. The van der Waals surface area contributed by atoms with Crippen LogP contribution in [-0.2, 0) is 4.65 Å². The molecule has 0 amide bonds. The zero-order chi connectivity index (χ0) is 21.4. The molecule has 0 spiro atoms. The molecule has 0 aliphatic rings. The number of rotatable bonds is 8. The van der Waals surface area contributed by atoms with E-state index in [1.807, 2.05) is 71.6 Å². The van der Waals surface area contributed by atoms with Gasteiger partial charge in [-0.05, 0) is 57.8 Å². The summed E-state index contributed by atoms with van der Waals surface area (Å²) in [4.78, 5) is 0. The van der Waals surface area contributed by atoms with Crippen molar-refractivity contribution in [2.45, 2.75) is 77.8 Å². The second-order valence-corrected chi connectivity index (χ2v) is 9.47. The molecule has 0 aliphatic carbocycles. The van der Waals surface area contributed by atoms with E-state index in [1.54, 1.807) is 35.2 Å². The van der Waals surface area contributed by atoms with E-state index in [9.17, 15) is 10.2 Å². The monoisotopic (exact) mass is 383 g/mol. The Morgan fingerprint density at radius 1 is 0.750 bits per heavy atom. The van der Waals surface area contributed by atoms with E-state index in [1.165, 1.54) is 0 Å². The topological polar surface area (TPSA) is 62.5 Å².